The van der Waals surface area contributed by atoms with E-state index in [9.17, 15) is 0 Å². The van der Waals surface area contributed by atoms with Crippen molar-refractivity contribution in [2.45, 2.75) is 0 Å². The van der Waals surface area contributed by atoms with E-state index in [2.05, 4.69) is 78.9 Å². The highest BCUT2D eigenvalue weighted by molar-refractivity contribution is 6.19. The van der Waals surface area contributed by atoms with E-state index in [0.29, 0.717) is 0 Å². The summed E-state index contributed by atoms with van der Waals surface area (Å²) in [6.07, 6.45) is 1.91. The average Bonchev–Trinajstić information content (AvgIpc) is 3.21. The van der Waals surface area contributed by atoms with Crippen molar-refractivity contribution in [3.63, 3.8) is 0 Å². The first-order valence-electron chi connectivity index (χ1n) is 10.5. The smallest absolute Gasteiger partial charge is 0.136 e. The molecule has 2 nitrogen and oxygen atoms in total. The van der Waals surface area contributed by atoms with Crippen molar-refractivity contribution in [3.8, 4) is 11.3 Å². The van der Waals surface area contributed by atoms with Gasteiger partial charge in [-0.1, -0.05) is 72.8 Å². The second kappa shape index (κ2) is 6.16. The summed E-state index contributed by atoms with van der Waals surface area (Å²) in [7, 11) is 0. The minimum absolute atomic E-state index is 0.893. The van der Waals surface area contributed by atoms with Crippen LogP contribution in [0.2, 0.25) is 0 Å². The molecule has 0 radical (unpaired) electrons. The minimum atomic E-state index is 0.893. The number of nitrogens with zero attached hydrogens (tertiary/aromatic N) is 1. The maximum absolute atomic E-state index is 6.12. The Bertz CT molecular complexity index is 1790. The van der Waals surface area contributed by atoms with Crippen molar-refractivity contribution in [1.82, 2.24) is 4.98 Å². The lowest BCUT2D eigenvalue weighted by Gasteiger charge is -2.10. The number of hydrogen-bond acceptors (Lipinski definition) is 2. The summed E-state index contributed by atoms with van der Waals surface area (Å²) >= 11 is 0. The van der Waals surface area contributed by atoms with E-state index in [1.165, 1.54) is 26.9 Å². The molecule has 0 aliphatic carbocycles. The van der Waals surface area contributed by atoms with Crippen LogP contribution >= 0.6 is 0 Å². The molecule has 7 rings (SSSR count). The second-order valence-electron chi connectivity index (χ2n) is 8.01. The topological polar surface area (TPSA) is 26.0 Å². The summed E-state index contributed by atoms with van der Waals surface area (Å²) in [5.74, 6) is 0. The fraction of sp³-hybridized carbons (Fsp3) is 0. The third-order valence-electron chi connectivity index (χ3n) is 6.32. The normalized spacial score (nSPS) is 11.9. The third-order valence-corrected chi connectivity index (χ3v) is 6.32. The van der Waals surface area contributed by atoms with Crippen LogP contribution in [0.25, 0.3) is 65.5 Å². The number of aromatic nitrogens is 1. The predicted octanol–water partition coefficient (Wildman–Crippen LogP) is 8.11. The van der Waals surface area contributed by atoms with Crippen molar-refractivity contribution in [1.29, 1.82) is 0 Å². The van der Waals surface area contributed by atoms with Gasteiger partial charge in [-0.2, -0.15) is 0 Å². The molecule has 7 aromatic rings. The van der Waals surface area contributed by atoms with Crippen molar-refractivity contribution in [2.75, 3.05) is 0 Å². The Labute approximate surface area is 178 Å². The molecule has 0 atom stereocenters. The van der Waals surface area contributed by atoms with Gasteiger partial charge in [-0.3, -0.25) is 4.98 Å². The Morgan fingerprint density at radius 3 is 2.13 bits per heavy atom. The molecule has 0 saturated carbocycles. The van der Waals surface area contributed by atoms with Crippen LogP contribution in [0.1, 0.15) is 0 Å². The van der Waals surface area contributed by atoms with Gasteiger partial charge in [-0.15, -0.1) is 0 Å². The van der Waals surface area contributed by atoms with Crippen molar-refractivity contribution in [3.05, 3.63) is 103 Å². The van der Waals surface area contributed by atoms with Crippen LogP contribution in [0.3, 0.4) is 0 Å². The van der Waals surface area contributed by atoms with E-state index < -0.39 is 0 Å². The standard InChI is InChI=1S/C29H17NO/c1-2-6-20-18(5-1)9-11-22-21(20)13-14-26-23(22)15-16-30-29(26)19-10-12-25-24-7-3-4-8-27(24)31-28(25)17-19/h1-17H. The first kappa shape index (κ1) is 16.6. The largest absolute Gasteiger partial charge is 0.456 e. The molecule has 31 heavy (non-hydrogen) atoms. The van der Waals surface area contributed by atoms with Gasteiger partial charge in [0.2, 0.25) is 0 Å². The van der Waals surface area contributed by atoms with E-state index in [1.54, 1.807) is 0 Å². The van der Waals surface area contributed by atoms with Crippen LogP contribution in [0, 0.1) is 0 Å². The molecule has 5 aromatic carbocycles. The monoisotopic (exact) mass is 395 g/mol. The number of pyridine rings is 1. The Balaban J connectivity index is 1.51. The number of hydrogen-bond donors (Lipinski definition) is 0. The molecule has 0 fully saturated rings. The summed E-state index contributed by atoms with van der Waals surface area (Å²) in [6, 6.07) is 34.1. The minimum Gasteiger partial charge on any atom is -0.456 e. The van der Waals surface area contributed by atoms with Gasteiger partial charge in [0, 0.05) is 27.9 Å². The Morgan fingerprint density at radius 1 is 0.484 bits per heavy atom. The highest BCUT2D eigenvalue weighted by Gasteiger charge is 2.12. The molecule has 0 unspecified atom stereocenters. The van der Waals surface area contributed by atoms with Gasteiger partial charge in [0.05, 0.1) is 5.69 Å². The summed E-state index contributed by atoms with van der Waals surface area (Å²) in [6.45, 7) is 0. The van der Waals surface area contributed by atoms with E-state index in [1.807, 2.05) is 24.4 Å². The molecule has 0 spiro atoms. The first-order chi connectivity index (χ1) is 15.4. The van der Waals surface area contributed by atoms with Crippen molar-refractivity contribution < 1.29 is 4.42 Å². The highest BCUT2D eigenvalue weighted by Crippen LogP contribution is 2.37. The SMILES string of the molecule is c1ccc2c(c1)ccc1c3ccnc(-c4ccc5c(c4)oc4ccccc45)c3ccc21. The van der Waals surface area contributed by atoms with E-state index in [0.717, 1.165) is 38.6 Å². The summed E-state index contributed by atoms with van der Waals surface area (Å²) in [4.78, 5) is 4.77. The summed E-state index contributed by atoms with van der Waals surface area (Å²) in [5, 5.41) is 9.73. The molecule has 2 aromatic heterocycles. The van der Waals surface area contributed by atoms with Crippen LogP contribution in [-0.2, 0) is 0 Å². The maximum atomic E-state index is 6.12. The number of fused-ring (bicyclic) bond motifs is 8. The first-order valence-corrected chi connectivity index (χ1v) is 10.5. The Morgan fingerprint density at radius 2 is 1.16 bits per heavy atom. The quantitative estimate of drug-likeness (QED) is 0.262. The van der Waals surface area contributed by atoms with E-state index in [4.69, 9.17) is 9.40 Å². The van der Waals surface area contributed by atoms with Crippen LogP contribution in [-0.4, -0.2) is 4.98 Å². The molecule has 0 aliphatic heterocycles. The number of furan rings is 1. The lowest BCUT2D eigenvalue weighted by Crippen LogP contribution is -1.88. The molecule has 144 valence electrons. The van der Waals surface area contributed by atoms with Crippen LogP contribution in [0.4, 0.5) is 0 Å². The maximum Gasteiger partial charge on any atom is 0.136 e. The average molecular weight is 395 g/mol. The predicted molar refractivity (Wildman–Crippen MR) is 129 cm³/mol. The Hall–Kier alpha value is -4.17. The van der Waals surface area contributed by atoms with Gasteiger partial charge >= 0.3 is 0 Å². The second-order valence-corrected chi connectivity index (χ2v) is 8.01. The van der Waals surface area contributed by atoms with Crippen LogP contribution < -0.4 is 0 Å². The molecular weight excluding hydrogens is 378 g/mol. The third kappa shape index (κ3) is 2.36. The molecule has 0 aliphatic rings. The fourth-order valence-corrected chi connectivity index (χ4v) is 4.86. The lowest BCUT2D eigenvalue weighted by atomic mass is 9.95. The molecule has 0 saturated heterocycles. The van der Waals surface area contributed by atoms with Gasteiger partial charge in [0.25, 0.3) is 0 Å². The molecule has 2 heterocycles. The lowest BCUT2D eigenvalue weighted by molar-refractivity contribution is 0.669. The van der Waals surface area contributed by atoms with Gasteiger partial charge in [-0.05, 0) is 51.2 Å². The number of para-hydroxylation sites is 1. The summed E-state index contributed by atoms with van der Waals surface area (Å²) < 4.78 is 6.12. The van der Waals surface area contributed by atoms with Gasteiger partial charge in [0.1, 0.15) is 11.2 Å². The fourth-order valence-electron chi connectivity index (χ4n) is 4.86. The summed E-state index contributed by atoms with van der Waals surface area (Å²) in [5.41, 5.74) is 3.86. The molecule has 2 heteroatoms. The molecular formula is C29H17NO. The molecule has 0 amide bonds. The van der Waals surface area contributed by atoms with E-state index >= 15 is 0 Å². The van der Waals surface area contributed by atoms with Crippen molar-refractivity contribution >= 4 is 54.3 Å². The van der Waals surface area contributed by atoms with Crippen LogP contribution in [0.15, 0.2) is 108 Å². The van der Waals surface area contributed by atoms with Gasteiger partial charge in [-0.25, -0.2) is 0 Å². The molecule has 0 N–H and O–H groups in total. The molecule has 0 bridgehead atoms. The zero-order valence-electron chi connectivity index (χ0n) is 16.7. The Kier molecular flexibility index (Phi) is 3.30. The van der Waals surface area contributed by atoms with Gasteiger partial charge in [0.15, 0.2) is 0 Å². The number of rotatable bonds is 1. The van der Waals surface area contributed by atoms with Crippen molar-refractivity contribution in [2.24, 2.45) is 0 Å². The number of benzene rings is 5. The zero-order valence-corrected chi connectivity index (χ0v) is 16.7. The zero-order chi connectivity index (χ0) is 20.4. The van der Waals surface area contributed by atoms with Gasteiger partial charge < -0.3 is 4.42 Å². The van der Waals surface area contributed by atoms with E-state index in [-0.39, 0.29) is 0 Å². The highest BCUT2D eigenvalue weighted by atomic mass is 16.3. The van der Waals surface area contributed by atoms with Crippen LogP contribution in [0.5, 0.6) is 0 Å².